The minimum absolute atomic E-state index is 0.106. The molecule has 0 amide bonds. The highest BCUT2D eigenvalue weighted by atomic mass is 32.2. The first-order valence-electron chi connectivity index (χ1n) is 4.24. The van der Waals surface area contributed by atoms with Crippen LogP contribution in [0, 0.1) is 0 Å². The Morgan fingerprint density at radius 1 is 1.50 bits per heavy atom. The second kappa shape index (κ2) is 4.50. The summed E-state index contributed by atoms with van der Waals surface area (Å²) in [6.07, 6.45) is 1.46. The van der Waals surface area contributed by atoms with Crippen LogP contribution >= 0.6 is 23.3 Å². The van der Waals surface area contributed by atoms with Crippen LogP contribution in [0.25, 0.3) is 0 Å². The van der Waals surface area contributed by atoms with E-state index in [-0.39, 0.29) is 11.3 Å². The second-order valence-electron chi connectivity index (χ2n) is 2.86. The molecule has 0 bridgehead atoms. The van der Waals surface area contributed by atoms with Gasteiger partial charge in [-0.25, -0.2) is 9.78 Å². The molecule has 1 aromatic carbocycles. The maximum Gasteiger partial charge on any atom is 0.337 e. The van der Waals surface area contributed by atoms with Crippen molar-refractivity contribution in [3.63, 3.8) is 0 Å². The Kier molecular flexibility index (Phi) is 3.07. The number of aromatic nitrogens is 2. The van der Waals surface area contributed by atoms with Gasteiger partial charge < -0.3 is 10.8 Å². The van der Waals surface area contributed by atoms with Crippen molar-refractivity contribution in [3.05, 3.63) is 30.1 Å². The van der Waals surface area contributed by atoms with Gasteiger partial charge in [0, 0.05) is 10.6 Å². The molecule has 0 radical (unpaired) electrons. The smallest absolute Gasteiger partial charge is 0.337 e. The van der Waals surface area contributed by atoms with Crippen molar-refractivity contribution in [2.24, 2.45) is 0 Å². The molecule has 5 nitrogen and oxygen atoms in total. The summed E-state index contributed by atoms with van der Waals surface area (Å²) in [6, 6.07) is 4.87. The largest absolute Gasteiger partial charge is 0.478 e. The van der Waals surface area contributed by atoms with Crippen molar-refractivity contribution in [2.45, 2.75) is 9.24 Å². The molecule has 0 saturated heterocycles. The number of carbonyl (C=O) groups is 1. The van der Waals surface area contributed by atoms with Gasteiger partial charge in [0.05, 0.1) is 5.56 Å². The van der Waals surface area contributed by atoms with Gasteiger partial charge in [0.25, 0.3) is 0 Å². The summed E-state index contributed by atoms with van der Waals surface area (Å²) in [4.78, 5) is 15.6. The van der Waals surface area contributed by atoms with Crippen molar-refractivity contribution < 1.29 is 9.90 Å². The van der Waals surface area contributed by atoms with E-state index in [0.717, 1.165) is 9.24 Å². The quantitative estimate of drug-likeness (QED) is 0.813. The Bertz CT molecular complexity index is 513. The molecule has 82 valence electrons. The number of anilines is 1. The van der Waals surface area contributed by atoms with Crippen LogP contribution in [-0.4, -0.2) is 20.4 Å². The van der Waals surface area contributed by atoms with Gasteiger partial charge in [0.15, 0.2) is 4.34 Å². The zero-order valence-electron chi connectivity index (χ0n) is 7.95. The van der Waals surface area contributed by atoms with E-state index >= 15 is 0 Å². The van der Waals surface area contributed by atoms with Crippen LogP contribution in [-0.2, 0) is 0 Å². The van der Waals surface area contributed by atoms with Crippen LogP contribution in [0.1, 0.15) is 10.4 Å². The number of carboxylic acids is 1. The first-order valence-corrected chi connectivity index (χ1v) is 5.83. The summed E-state index contributed by atoms with van der Waals surface area (Å²) in [5.41, 5.74) is 5.91. The molecule has 0 saturated carbocycles. The molecule has 1 aromatic heterocycles. The Labute approximate surface area is 99.5 Å². The van der Waals surface area contributed by atoms with Crippen LogP contribution in [0.5, 0.6) is 0 Å². The van der Waals surface area contributed by atoms with E-state index in [9.17, 15) is 4.79 Å². The van der Waals surface area contributed by atoms with Gasteiger partial charge in [-0.1, -0.05) is 11.8 Å². The van der Waals surface area contributed by atoms with E-state index in [0.29, 0.717) is 0 Å². The highest BCUT2D eigenvalue weighted by molar-refractivity contribution is 8.01. The van der Waals surface area contributed by atoms with E-state index in [1.54, 1.807) is 12.1 Å². The van der Waals surface area contributed by atoms with E-state index in [1.807, 2.05) is 0 Å². The average molecular weight is 253 g/mol. The number of aromatic carboxylic acids is 1. The Balaban J connectivity index is 2.29. The number of carboxylic acid groups (broad SMARTS) is 1. The van der Waals surface area contributed by atoms with Crippen molar-refractivity contribution in [1.82, 2.24) is 9.36 Å². The molecule has 2 rings (SSSR count). The minimum Gasteiger partial charge on any atom is -0.478 e. The van der Waals surface area contributed by atoms with Gasteiger partial charge in [-0.3, -0.25) is 0 Å². The number of hydrogen-bond acceptors (Lipinski definition) is 6. The second-order valence-corrected chi connectivity index (χ2v) is 4.96. The summed E-state index contributed by atoms with van der Waals surface area (Å²) >= 11 is 2.62. The predicted molar refractivity (Wildman–Crippen MR) is 61.8 cm³/mol. The summed E-state index contributed by atoms with van der Waals surface area (Å²) in [7, 11) is 0. The molecule has 0 aliphatic rings. The first kappa shape index (κ1) is 10.9. The van der Waals surface area contributed by atoms with Crippen molar-refractivity contribution >= 4 is 35.0 Å². The van der Waals surface area contributed by atoms with Gasteiger partial charge in [0.2, 0.25) is 0 Å². The van der Waals surface area contributed by atoms with Gasteiger partial charge in [0.1, 0.15) is 6.33 Å². The molecule has 3 N–H and O–H groups in total. The third-order valence-corrected chi connectivity index (χ3v) is 3.51. The Morgan fingerprint density at radius 2 is 2.31 bits per heavy atom. The molecule has 16 heavy (non-hydrogen) atoms. The number of hydrogen-bond donors (Lipinski definition) is 2. The zero-order valence-corrected chi connectivity index (χ0v) is 9.59. The van der Waals surface area contributed by atoms with E-state index < -0.39 is 5.97 Å². The molecule has 0 atom stereocenters. The minimum atomic E-state index is -1.03. The molecule has 0 aliphatic carbocycles. The zero-order chi connectivity index (χ0) is 11.5. The Morgan fingerprint density at radius 3 is 2.94 bits per heavy atom. The summed E-state index contributed by atoms with van der Waals surface area (Å²) in [5, 5.41) is 8.90. The molecule has 0 aliphatic heterocycles. The van der Waals surface area contributed by atoms with E-state index in [2.05, 4.69) is 9.36 Å². The predicted octanol–water partition coefficient (Wildman–Crippen LogP) is 1.97. The molecule has 2 aromatic rings. The van der Waals surface area contributed by atoms with Gasteiger partial charge in [-0.05, 0) is 29.7 Å². The van der Waals surface area contributed by atoms with Gasteiger partial charge >= 0.3 is 5.97 Å². The van der Waals surface area contributed by atoms with Gasteiger partial charge in [-0.15, -0.1) is 0 Å². The fourth-order valence-corrected chi connectivity index (χ4v) is 2.55. The SMILES string of the molecule is Nc1ccc(Sc2ncns2)cc1C(=O)O. The topological polar surface area (TPSA) is 89.1 Å². The van der Waals surface area contributed by atoms with Crippen molar-refractivity contribution in [3.8, 4) is 0 Å². The van der Waals surface area contributed by atoms with Crippen LogP contribution in [0.2, 0.25) is 0 Å². The standard InChI is InChI=1S/C9H7N3O2S2/c10-7-2-1-5(3-6(7)8(13)14)15-9-11-4-12-16-9/h1-4H,10H2,(H,13,14). The van der Waals surface area contributed by atoms with Crippen molar-refractivity contribution in [2.75, 3.05) is 5.73 Å². The maximum absolute atomic E-state index is 10.9. The normalized spacial score (nSPS) is 10.2. The average Bonchev–Trinajstić information content (AvgIpc) is 2.73. The number of nitrogen functional groups attached to an aromatic ring is 1. The fraction of sp³-hybridized carbons (Fsp3) is 0. The summed E-state index contributed by atoms with van der Waals surface area (Å²) < 4.78 is 4.63. The van der Waals surface area contributed by atoms with Crippen LogP contribution in [0.3, 0.4) is 0 Å². The van der Waals surface area contributed by atoms with Crippen molar-refractivity contribution in [1.29, 1.82) is 0 Å². The number of rotatable bonds is 3. The first-order chi connectivity index (χ1) is 7.66. The third-order valence-electron chi connectivity index (χ3n) is 1.80. The Hall–Kier alpha value is -1.60. The molecule has 7 heteroatoms. The maximum atomic E-state index is 10.9. The molecule has 0 fully saturated rings. The highest BCUT2D eigenvalue weighted by Crippen LogP contribution is 2.30. The van der Waals surface area contributed by atoms with Gasteiger partial charge in [-0.2, -0.15) is 4.37 Å². The van der Waals surface area contributed by atoms with E-state index in [4.69, 9.17) is 10.8 Å². The number of nitrogens with zero attached hydrogens (tertiary/aromatic N) is 2. The lowest BCUT2D eigenvalue weighted by Crippen LogP contribution is -2.01. The summed E-state index contributed by atoms with van der Waals surface area (Å²) in [5.74, 6) is -1.03. The lowest BCUT2D eigenvalue weighted by Gasteiger charge is -2.02. The summed E-state index contributed by atoms with van der Waals surface area (Å²) in [6.45, 7) is 0. The number of benzene rings is 1. The number of nitrogens with two attached hydrogens (primary N) is 1. The third kappa shape index (κ3) is 2.31. The highest BCUT2D eigenvalue weighted by Gasteiger charge is 2.10. The monoisotopic (exact) mass is 253 g/mol. The van der Waals surface area contributed by atoms with Crippen LogP contribution in [0.4, 0.5) is 5.69 Å². The van der Waals surface area contributed by atoms with Crippen LogP contribution in [0.15, 0.2) is 33.8 Å². The van der Waals surface area contributed by atoms with E-state index in [1.165, 1.54) is 35.7 Å². The lowest BCUT2D eigenvalue weighted by atomic mass is 10.2. The molecular weight excluding hydrogens is 246 g/mol. The molecule has 0 unspecified atom stereocenters. The fourth-order valence-electron chi connectivity index (χ4n) is 1.09. The molecular formula is C9H7N3O2S2. The molecule has 1 heterocycles. The lowest BCUT2D eigenvalue weighted by molar-refractivity contribution is 0.0698. The van der Waals surface area contributed by atoms with Crippen LogP contribution < -0.4 is 5.73 Å². The molecule has 0 spiro atoms.